The summed E-state index contributed by atoms with van der Waals surface area (Å²) in [6.45, 7) is 7.01. The van der Waals surface area contributed by atoms with Crippen LogP contribution in [0.15, 0.2) is 29.2 Å². The minimum Gasteiger partial charge on any atom is -0.393 e. The van der Waals surface area contributed by atoms with Gasteiger partial charge in [-0.1, -0.05) is 17.7 Å². The van der Waals surface area contributed by atoms with Gasteiger partial charge in [0.05, 0.1) is 24.2 Å². The van der Waals surface area contributed by atoms with Crippen LogP contribution in [-0.4, -0.2) is 40.5 Å². The Hall–Kier alpha value is -0.790. The van der Waals surface area contributed by atoms with Gasteiger partial charge in [-0.25, -0.2) is 8.93 Å². The van der Waals surface area contributed by atoms with Crippen molar-refractivity contribution >= 4 is 11.0 Å². The summed E-state index contributed by atoms with van der Waals surface area (Å²) in [7, 11) is -1.28. The van der Waals surface area contributed by atoms with Crippen molar-refractivity contribution in [2.24, 2.45) is 0 Å². The molecule has 1 fully saturated rings. The van der Waals surface area contributed by atoms with Crippen molar-refractivity contribution in [2.45, 2.75) is 69.3 Å². The Morgan fingerprint density at radius 1 is 1.29 bits per heavy atom. The molecule has 1 saturated heterocycles. The number of aliphatic hydroxyl groups is 1. The van der Waals surface area contributed by atoms with E-state index in [0.717, 1.165) is 29.7 Å². The first-order chi connectivity index (χ1) is 11.4. The van der Waals surface area contributed by atoms with Gasteiger partial charge in [0.1, 0.15) is 11.0 Å². The van der Waals surface area contributed by atoms with Crippen LogP contribution in [-0.2, 0) is 20.5 Å². The molecule has 0 unspecified atom stereocenters. The van der Waals surface area contributed by atoms with E-state index in [-0.39, 0.29) is 6.04 Å². The molecule has 0 bridgehead atoms. The van der Waals surface area contributed by atoms with Crippen molar-refractivity contribution in [3.8, 4) is 0 Å². The highest BCUT2D eigenvalue weighted by atomic mass is 32.2. The zero-order chi connectivity index (χ0) is 17.6. The Balaban J connectivity index is 1.87. The summed E-state index contributed by atoms with van der Waals surface area (Å²) < 4.78 is 26.9. The average Bonchev–Trinajstić information content (AvgIpc) is 2.94. The molecule has 24 heavy (non-hydrogen) atoms. The van der Waals surface area contributed by atoms with Gasteiger partial charge < -0.3 is 14.6 Å². The van der Waals surface area contributed by atoms with Gasteiger partial charge in [0, 0.05) is 12.5 Å². The summed E-state index contributed by atoms with van der Waals surface area (Å²) in [6, 6.07) is 7.64. The molecule has 0 saturated carbocycles. The second-order valence-electron chi connectivity index (χ2n) is 6.70. The molecule has 3 atom stereocenters. The van der Waals surface area contributed by atoms with Crippen LogP contribution in [0.5, 0.6) is 0 Å². The summed E-state index contributed by atoms with van der Waals surface area (Å²) in [4.78, 5) is 0.755. The van der Waals surface area contributed by atoms with Crippen LogP contribution in [0, 0.1) is 6.92 Å². The summed E-state index contributed by atoms with van der Waals surface area (Å²) in [6.07, 6.45) is 2.61. The molecule has 0 amide bonds. The van der Waals surface area contributed by atoms with E-state index in [0.29, 0.717) is 19.6 Å². The van der Waals surface area contributed by atoms with E-state index < -0.39 is 22.9 Å². The van der Waals surface area contributed by atoms with E-state index >= 15 is 0 Å². The quantitative estimate of drug-likeness (QED) is 0.715. The third-order valence-electron chi connectivity index (χ3n) is 4.22. The molecule has 0 radical (unpaired) electrons. The number of benzene rings is 1. The third kappa shape index (κ3) is 6.26. The maximum absolute atomic E-state index is 12.5. The third-order valence-corrected chi connectivity index (χ3v) is 5.46. The Bertz CT molecular complexity index is 526. The smallest absolute Gasteiger partial charge is 0.165 e. The standard InChI is InChI=1S/C18H29NO4S/c1-14-6-8-17(9-7-14)24(21)19-16(13-15(2)20)5-4-10-18(3)22-11-12-23-18/h6-9,15-16,19-20H,4-5,10-13H2,1-3H3/t15-,16-,24-/m1/s1. The summed E-state index contributed by atoms with van der Waals surface area (Å²) >= 11 is 0. The van der Waals surface area contributed by atoms with Crippen molar-refractivity contribution in [1.29, 1.82) is 0 Å². The van der Waals surface area contributed by atoms with Crippen LogP contribution in [0.25, 0.3) is 0 Å². The van der Waals surface area contributed by atoms with E-state index in [4.69, 9.17) is 9.47 Å². The van der Waals surface area contributed by atoms with E-state index in [1.807, 2.05) is 38.1 Å². The molecule has 1 aromatic rings. The Morgan fingerprint density at radius 3 is 2.50 bits per heavy atom. The molecule has 1 aliphatic heterocycles. The van der Waals surface area contributed by atoms with Gasteiger partial charge in [0.25, 0.3) is 0 Å². The lowest BCUT2D eigenvalue weighted by molar-refractivity contribution is -0.147. The van der Waals surface area contributed by atoms with Gasteiger partial charge in [-0.15, -0.1) is 0 Å². The number of aryl methyl sites for hydroxylation is 1. The van der Waals surface area contributed by atoms with Crippen LogP contribution in [0.4, 0.5) is 0 Å². The first-order valence-electron chi connectivity index (χ1n) is 8.58. The van der Waals surface area contributed by atoms with Gasteiger partial charge in [-0.3, -0.25) is 0 Å². The van der Waals surface area contributed by atoms with Crippen molar-refractivity contribution in [3.63, 3.8) is 0 Å². The Morgan fingerprint density at radius 2 is 1.92 bits per heavy atom. The molecule has 0 aliphatic carbocycles. The number of hydrogen-bond acceptors (Lipinski definition) is 4. The second kappa shape index (κ2) is 9.06. The molecule has 1 aromatic carbocycles. The average molecular weight is 356 g/mol. The normalized spacial score (nSPS) is 20.7. The topological polar surface area (TPSA) is 67.8 Å². The van der Waals surface area contributed by atoms with Crippen LogP contribution in [0.2, 0.25) is 0 Å². The molecule has 5 nitrogen and oxygen atoms in total. The maximum atomic E-state index is 12.5. The molecule has 6 heteroatoms. The van der Waals surface area contributed by atoms with Gasteiger partial charge in [-0.05, 0) is 52.2 Å². The summed E-state index contributed by atoms with van der Waals surface area (Å²) in [5, 5.41) is 9.72. The minimum absolute atomic E-state index is 0.0165. The summed E-state index contributed by atoms with van der Waals surface area (Å²) in [5.41, 5.74) is 1.14. The molecular formula is C18H29NO4S. The van der Waals surface area contributed by atoms with Gasteiger partial charge in [-0.2, -0.15) is 0 Å². The van der Waals surface area contributed by atoms with Crippen molar-refractivity contribution in [3.05, 3.63) is 29.8 Å². The Kier molecular flexibility index (Phi) is 7.37. The van der Waals surface area contributed by atoms with Crippen molar-refractivity contribution < 1.29 is 18.8 Å². The predicted octanol–water partition coefficient (Wildman–Crippen LogP) is 2.68. The molecule has 0 spiro atoms. The Labute approximate surface area is 147 Å². The molecule has 136 valence electrons. The molecule has 2 rings (SSSR count). The van der Waals surface area contributed by atoms with Crippen molar-refractivity contribution in [2.75, 3.05) is 13.2 Å². The monoisotopic (exact) mass is 355 g/mol. The SMILES string of the molecule is Cc1ccc([S@@](=O)N[C@H](CCCC2(C)OCCO2)C[C@@H](C)O)cc1. The fourth-order valence-corrected chi connectivity index (χ4v) is 3.92. The number of ether oxygens (including phenoxy) is 2. The van der Waals surface area contributed by atoms with Crippen LogP contribution in [0.3, 0.4) is 0 Å². The molecule has 1 heterocycles. The second-order valence-corrected chi connectivity index (χ2v) is 7.95. The molecular weight excluding hydrogens is 326 g/mol. The van der Waals surface area contributed by atoms with E-state index in [1.165, 1.54) is 0 Å². The van der Waals surface area contributed by atoms with Crippen molar-refractivity contribution in [1.82, 2.24) is 4.72 Å². The zero-order valence-electron chi connectivity index (χ0n) is 14.8. The van der Waals surface area contributed by atoms with E-state index in [2.05, 4.69) is 4.72 Å². The highest BCUT2D eigenvalue weighted by Crippen LogP contribution is 2.25. The number of hydrogen-bond donors (Lipinski definition) is 2. The number of aliphatic hydroxyl groups excluding tert-OH is 1. The highest BCUT2D eigenvalue weighted by molar-refractivity contribution is 7.83. The molecule has 2 N–H and O–H groups in total. The van der Waals surface area contributed by atoms with Gasteiger partial charge in [0.2, 0.25) is 0 Å². The minimum atomic E-state index is -1.28. The number of nitrogens with one attached hydrogen (secondary N) is 1. The van der Waals surface area contributed by atoms with Crippen LogP contribution >= 0.6 is 0 Å². The van der Waals surface area contributed by atoms with Gasteiger partial charge in [0.15, 0.2) is 5.79 Å². The summed E-state index contributed by atoms with van der Waals surface area (Å²) in [5.74, 6) is -0.495. The molecule has 1 aliphatic rings. The first kappa shape index (κ1) is 19.5. The fraction of sp³-hybridized carbons (Fsp3) is 0.667. The van der Waals surface area contributed by atoms with Crippen LogP contribution in [0.1, 0.15) is 45.1 Å². The lowest BCUT2D eigenvalue weighted by atomic mass is 10.0. The predicted molar refractivity (Wildman–Crippen MR) is 95.0 cm³/mol. The van der Waals surface area contributed by atoms with Gasteiger partial charge >= 0.3 is 0 Å². The zero-order valence-corrected chi connectivity index (χ0v) is 15.6. The largest absolute Gasteiger partial charge is 0.393 e. The lowest BCUT2D eigenvalue weighted by Crippen LogP contribution is -2.34. The van der Waals surface area contributed by atoms with E-state index in [1.54, 1.807) is 6.92 Å². The maximum Gasteiger partial charge on any atom is 0.165 e. The number of rotatable bonds is 9. The fourth-order valence-electron chi connectivity index (χ4n) is 2.89. The van der Waals surface area contributed by atoms with Crippen LogP contribution < -0.4 is 4.72 Å². The van der Waals surface area contributed by atoms with E-state index in [9.17, 15) is 9.32 Å². The first-order valence-corrected chi connectivity index (χ1v) is 9.73. The molecule has 0 aromatic heterocycles. The highest BCUT2D eigenvalue weighted by Gasteiger charge is 2.30. The lowest BCUT2D eigenvalue weighted by Gasteiger charge is -2.24.